The van der Waals surface area contributed by atoms with Crippen molar-refractivity contribution < 1.29 is 14.5 Å². The lowest BCUT2D eigenvalue weighted by Gasteiger charge is -2.08. The fraction of sp³-hybridized carbons (Fsp3) is 0.364. The zero-order valence-corrected chi connectivity index (χ0v) is 10.0. The Hall–Kier alpha value is -2.15. The number of hydrogen-bond acceptors (Lipinski definition) is 5. The van der Waals surface area contributed by atoms with Crippen molar-refractivity contribution in [2.75, 3.05) is 25.1 Å². The van der Waals surface area contributed by atoms with E-state index in [0.717, 1.165) is 0 Å². The standard InChI is InChI=1S/C11H15N3O4/c1-2-18-6-5-13-9-7-8(11(12)15)3-4-10(9)14(16)17/h3-4,7,13H,2,5-6H2,1H3,(H2,12,15). The second kappa shape index (κ2) is 6.55. The molecule has 0 aliphatic heterocycles. The van der Waals surface area contributed by atoms with E-state index in [1.165, 1.54) is 18.2 Å². The number of nitrogens with zero attached hydrogens (tertiary/aromatic N) is 1. The molecule has 0 fully saturated rings. The average Bonchev–Trinajstić information content (AvgIpc) is 2.34. The predicted octanol–water partition coefficient (Wildman–Crippen LogP) is 1.14. The third kappa shape index (κ3) is 3.70. The SMILES string of the molecule is CCOCCNc1cc(C(N)=O)ccc1[N+](=O)[O-]. The summed E-state index contributed by atoms with van der Waals surface area (Å²) in [6, 6.07) is 3.95. The number of anilines is 1. The van der Waals surface area contributed by atoms with E-state index in [-0.39, 0.29) is 16.9 Å². The molecule has 0 saturated carbocycles. The van der Waals surface area contributed by atoms with Crippen LogP contribution in [0.25, 0.3) is 0 Å². The lowest BCUT2D eigenvalue weighted by Crippen LogP contribution is -2.14. The number of carbonyl (C=O) groups excluding carboxylic acids is 1. The van der Waals surface area contributed by atoms with Gasteiger partial charge in [-0.3, -0.25) is 14.9 Å². The largest absolute Gasteiger partial charge is 0.380 e. The van der Waals surface area contributed by atoms with Crippen LogP contribution in [-0.2, 0) is 4.74 Å². The first-order chi connectivity index (χ1) is 8.56. The normalized spacial score (nSPS) is 10.1. The van der Waals surface area contributed by atoms with Crippen LogP contribution in [0.1, 0.15) is 17.3 Å². The van der Waals surface area contributed by atoms with Crippen LogP contribution in [0, 0.1) is 10.1 Å². The lowest BCUT2D eigenvalue weighted by molar-refractivity contribution is -0.384. The van der Waals surface area contributed by atoms with E-state index in [4.69, 9.17) is 10.5 Å². The van der Waals surface area contributed by atoms with Crippen LogP contribution in [0.2, 0.25) is 0 Å². The quantitative estimate of drug-likeness (QED) is 0.430. The Morgan fingerprint density at radius 2 is 2.28 bits per heavy atom. The first-order valence-corrected chi connectivity index (χ1v) is 5.46. The maximum Gasteiger partial charge on any atom is 0.292 e. The maximum absolute atomic E-state index is 11.0. The van der Waals surface area contributed by atoms with Gasteiger partial charge >= 0.3 is 0 Å². The number of nitro benzene ring substituents is 1. The molecule has 3 N–H and O–H groups in total. The molecule has 1 aromatic rings. The highest BCUT2D eigenvalue weighted by molar-refractivity contribution is 5.94. The van der Waals surface area contributed by atoms with Crippen molar-refractivity contribution in [2.24, 2.45) is 5.73 Å². The molecule has 0 aliphatic carbocycles. The maximum atomic E-state index is 11.0. The van der Waals surface area contributed by atoms with Crippen LogP contribution >= 0.6 is 0 Å². The molecule has 0 atom stereocenters. The van der Waals surface area contributed by atoms with Gasteiger partial charge in [-0.25, -0.2) is 0 Å². The van der Waals surface area contributed by atoms with Crippen molar-refractivity contribution in [1.29, 1.82) is 0 Å². The summed E-state index contributed by atoms with van der Waals surface area (Å²) in [5, 5.41) is 13.7. The number of primary amides is 1. The lowest BCUT2D eigenvalue weighted by atomic mass is 10.1. The van der Waals surface area contributed by atoms with Gasteiger partial charge in [0.15, 0.2) is 0 Å². The van der Waals surface area contributed by atoms with Crippen molar-refractivity contribution in [1.82, 2.24) is 0 Å². The summed E-state index contributed by atoms with van der Waals surface area (Å²) in [6.07, 6.45) is 0. The van der Waals surface area contributed by atoms with Gasteiger partial charge in [-0.05, 0) is 19.1 Å². The summed E-state index contributed by atoms with van der Waals surface area (Å²) in [6.45, 7) is 3.27. The number of nitro groups is 1. The number of nitrogens with one attached hydrogen (secondary N) is 1. The molecule has 98 valence electrons. The van der Waals surface area contributed by atoms with Gasteiger partial charge in [0.05, 0.1) is 11.5 Å². The molecule has 0 saturated heterocycles. The van der Waals surface area contributed by atoms with E-state index >= 15 is 0 Å². The summed E-state index contributed by atoms with van der Waals surface area (Å²) >= 11 is 0. The number of ether oxygens (including phenoxy) is 1. The molecule has 0 aromatic heterocycles. The van der Waals surface area contributed by atoms with E-state index < -0.39 is 10.8 Å². The Morgan fingerprint density at radius 1 is 1.56 bits per heavy atom. The van der Waals surface area contributed by atoms with Crippen molar-refractivity contribution >= 4 is 17.3 Å². The van der Waals surface area contributed by atoms with Gasteiger partial charge in [0.2, 0.25) is 5.91 Å². The van der Waals surface area contributed by atoms with Crippen LogP contribution in [0.5, 0.6) is 0 Å². The van der Waals surface area contributed by atoms with Gasteiger partial charge in [0.25, 0.3) is 5.69 Å². The van der Waals surface area contributed by atoms with E-state index in [0.29, 0.717) is 19.8 Å². The minimum absolute atomic E-state index is 0.100. The Balaban J connectivity index is 2.86. The molecule has 7 heteroatoms. The fourth-order valence-electron chi connectivity index (χ4n) is 1.39. The number of carbonyl (C=O) groups is 1. The molecule has 18 heavy (non-hydrogen) atoms. The Labute approximate surface area is 104 Å². The molecule has 1 amide bonds. The average molecular weight is 253 g/mol. The predicted molar refractivity (Wildman–Crippen MR) is 66.6 cm³/mol. The molecule has 1 rings (SSSR count). The second-order valence-electron chi connectivity index (χ2n) is 3.48. The van der Waals surface area contributed by atoms with E-state index in [1.54, 1.807) is 0 Å². The van der Waals surface area contributed by atoms with Crippen LogP contribution in [0.4, 0.5) is 11.4 Å². The Bertz CT molecular complexity index is 448. The molecule has 7 nitrogen and oxygen atoms in total. The van der Waals surface area contributed by atoms with Gasteiger partial charge in [-0.2, -0.15) is 0 Å². The zero-order valence-electron chi connectivity index (χ0n) is 10.0. The topological polar surface area (TPSA) is 107 Å². The zero-order chi connectivity index (χ0) is 13.5. The summed E-state index contributed by atoms with van der Waals surface area (Å²) in [5.41, 5.74) is 5.51. The molecule has 0 unspecified atom stereocenters. The fourth-order valence-corrected chi connectivity index (χ4v) is 1.39. The number of benzene rings is 1. The van der Waals surface area contributed by atoms with Gasteiger partial charge in [0.1, 0.15) is 5.69 Å². The monoisotopic (exact) mass is 253 g/mol. The highest BCUT2D eigenvalue weighted by Crippen LogP contribution is 2.25. The molecular formula is C11H15N3O4. The number of hydrogen-bond donors (Lipinski definition) is 2. The number of rotatable bonds is 7. The first kappa shape index (κ1) is 13.9. The Morgan fingerprint density at radius 3 is 2.83 bits per heavy atom. The van der Waals surface area contributed by atoms with Crippen molar-refractivity contribution in [3.05, 3.63) is 33.9 Å². The van der Waals surface area contributed by atoms with Gasteiger partial charge in [0, 0.05) is 24.8 Å². The molecule has 1 aromatic carbocycles. The minimum Gasteiger partial charge on any atom is -0.380 e. The van der Waals surface area contributed by atoms with E-state index in [2.05, 4.69) is 5.32 Å². The van der Waals surface area contributed by atoms with Crippen LogP contribution in [-0.4, -0.2) is 30.6 Å². The van der Waals surface area contributed by atoms with Crippen molar-refractivity contribution in [3.63, 3.8) is 0 Å². The highest BCUT2D eigenvalue weighted by atomic mass is 16.6. The second-order valence-corrected chi connectivity index (χ2v) is 3.48. The van der Waals surface area contributed by atoms with Gasteiger partial charge in [-0.15, -0.1) is 0 Å². The van der Waals surface area contributed by atoms with Crippen LogP contribution in [0.3, 0.4) is 0 Å². The molecular weight excluding hydrogens is 238 g/mol. The van der Waals surface area contributed by atoms with Crippen LogP contribution < -0.4 is 11.1 Å². The third-order valence-electron chi connectivity index (χ3n) is 2.24. The smallest absolute Gasteiger partial charge is 0.292 e. The summed E-state index contributed by atoms with van der Waals surface area (Å²) in [4.78, 5) is 21.3. The molecule has 0 spiro atoms. The summed E-state index contributed by atoms with van der Waals surface area (Å²) in [7, 11) is 0. The van der Waals surface area contributed by atoms with E-state index in [1.807, 2.05) is 6.92 Å². The number of nitrogens with two attached hydrogens (primary N) is 1. The van der Waals surface area contributed by atoms with E-state index in [9.17, 15) is 14.9 Å². The molecule has 0 heterocycles. The third-order valence-corrected chi connectivity index (χ3v) is 2.24. The molecule has 0 bridgehead atoms. The van der Waals surface area contributed by atoms with Crippen molar-refractivity contribution in [2.45, 2.75) is 6.92 Å². The molecule has 0 aliphatic rings. The van der Waals surface area contributed by atoms with Crippen LogP contribution in [0.15, 0.2) is 18.2 Å². The van der Waals surface area contributed by atoms with Gasteiger partial charge < -0.3 is 15.8 Å². The molecule has 0 radical (unpaired) electrons. The number of amides is 1. The summed E-state index contributed by atoms with van der Waals surface area (Å²) in [5.74, 6) is -0.627. The van der Waals surface area contributed by atoms with Crippen molar-refractivity contribution in [3.8, 4) is 0 Å². The highest BCUT2D eigenvalue weighted by Gasteiger charge is 2.15. The first-order valence-electron chi connectivity index (χ1n) is 5.46. The summed E-state index contributed by atoms with van der Waals surface area (Å²) < 4.78 is 5.11. The Kier molecular flexibility index (Phi) is 5.06. The van der Waals surface area contributed by atoms with Gasteiger partial charge in [-0.1, -0.05) is 0 Å². The minimum atomic E-state index is -0.627.